The van der Waals surface area contributed by atoms with E-state index >= 15 is 0 Å². The minimum atomic E-state index is -0.234. The van der Waals surface area contributed by atoms with Crippen LogP contribution in [0.1, 0.15) is 24.8 Å². The van der Waals surface area contributed by atoms with Crippen LogP contribution in [0.3, 0.4) is 0 Å². The summed E-state index contributed by atoms with van der Waals surface area (Å²) in [6.45, 7) is 2.12. The molecule has 2 N–H and O–H groups in total. The molecule has 16 heavy (non-hydrogen) atoms. The van der Waals surface area contributed by atoms with E-state index in [1.165, 1.54) is 12.1 Å². The van der Waals surface area contributed by atoms with Crippen LogP contribution in [0.25, 0.3) is 10.2 Å². The van der Waals surface area contributed by atoms with Gasteiger partial charge in [-0.05, 0) is 18.6 Å². The molecule has 0 aliphatic rings. The number of fused-ring (bicyclic) bond motifs is 1. The van der Waals surface area contributed by atoms with Gasteiger partial charge in [-0.3, -0.25) is 0 Å². The Labute approximate surface area is 98.3 Å². The molecular weight excluding hydrogens is 223 g/mol. The minimum absolute atomic E-state index is 0.162. The number of nitrogens with zero attached hydrogens (tertiary/aromatic N) is 1. The number of rotatable bonds is 4. The first-order chi connectivity index (χ1) is 7.69. The summed E-state index contributed by atoms with van der Waals surface area (Å²) >= 11 is 1.60. The number of halogens is 1. The number of aromatic nitrogens is 1. The zero-order chi connectivity index (χ0) is 11.5. The zero-order valence-corrected chi connectivity index (χ0v) is 10.1. The molecule has 0 amide bonds. The molecule has 0 fully saturated rings. The summed E-state index contributed by atoms with van der Waals surface area (Å²) in [5.74, 6) is -0.234. The average molecular weight is 238 g/mol. The Hall–Kier alpha value is -1.00. The summed E-state index contributed by atoms with van der Waals surface area (Å²) in [5.41, 5.74) is 6.70. The fraction of sp³-hybridized carbons (Fsp3) is 0.417. The second-order valence-electron chi connectivity index (χ2n) is 3.97. The number of hydrogen-bond acceptors (Lipinski definition) is 3. The van der Waals surface area contributed by atoms with E-state index < -0.39 is 0 Å². The lowest BCUT2D eigenvalue weighted by Crippen LogP contribution is -2.22. The highest BCUT2D eigenvalue weighted by Crippen LogP contribution is 2.23. The van der Waals surface area contributed by atoms with E-state index in [0.29, 0.717) is 0 Å². The van der Waals surface area contributed by atoms with Gasteiger partial charge in [0.2, 0.25) is 0 Å². The summed E-state index contributed by atoms with van der Waals surface area (Å²) in [4.78, 5) is 4.39. The van der Waals surface area contributed by atoms with Crippen molar-refractivity contribution in [2.45, 2.75) is 32.2 Å². The minimum Gasteiger partial charge on any atom is -0.327 e. The highest BCUT2D eigenvalue weighted by molar-refractivity contribution is 7.18. The molecule has 1 aromatic carbocycles. The number of thiazole rings is 1. The van der Waals surface area contributed by atoms with Crippen molar-refractivity contribution >= 4 is 21.6 Å². The van der Waals surface area contributed by atoms with Gasteiger partial charge in [0.1, 0.15) is 5.82 Å². The van der Waals surface area contributed by atoms with Gasteiger partial charge < -0.3 is 5.73 Å². The van der Waals surface area contributed by atoms with E-state index in [1.807, 2.05) is 0 Å². The highest BCUT2D eigenvalue weighted by Gasteiger charge is 2.08. The van der Waals surface area contributed by atoms with Gasteiger partial charge in [0.25, 0.3) is 0 Å². The van der Waals surface area contributed by atoms with Gasteiger partial charge in [-0.25, -0.2) is 9.37 Å². The second-order valence-corrected chi connectivity index (χ2v) is 5.09. The van der Waals surface area contributed by atoms with E-state index in [2.05, 4.69) is 11.9 Å². The van der Waals surface area contributed by atoms with Crippen molar-refractivity contribution in [1.82, 2.24) is 4.98 Å². The van der Waals surface area contributed by atoms with Gasteiger partial charge in [-0.15, -0.1) is 11.3 Å². The van der Waals surface area contributed by atoms with Gasteiger partial charge in [-0.1, -0.05) is 13.3 Å². The summed E-state index contributed by atoms with van der Waals surface area (Å²) in [5, 5.41) is 1.00. The van der Waals surface area contributed by atoms with Crippen LogP contribution in [0.4, 0.5) is 4.39 Å². The Morgan fingerprint density at radius 3 is 3.06 bits per heavy atom. The topological polar surface area (TPSA) is 38.9 Å². The van der Waals surface area contributed by atoms with Crippen LogP contribution in [0, 0.1) is 5.82 Å². The fourth-order valence-electron chi connectivity index (χ4n) is 1.73. The molecule has 2 aromatic rings. The zero-order valence-electron chi connectivity index (χ0n) is 9.24. The van der Waals surface area contributed by atoms with Gasteiger partial charge in [0.15, 0.2) is 0 Å². The fourth-order valence-corrected chi connectivity index (χ4v) is 2.77. The molecule has 1 aromatic heterocycles. The first-order valence-corrected chi connectivity index (χ1v) is 6.31. The van der Waals surface area contributed by atoms with E-state index in [-0.39, 0.29) is 11.9 Å². The summed E-state index contributed by atoms with van der Waals surface area (Å²) < 4.78 is 14.0. The summed E-state index contributed by atoms with van der Waals surface area (Å²) in [6.07, 6.45) is 2.87. The van der Waals surface area contributed by atoms with Gasteiger partial charge >= 0.3 is 0 Å². The largest absolute Gasteiger partial charge is 0.327 e. The van der Waals surface area contributed by atoms with Crippen molar-refractivity contribution in [2.24, 2.45) is 5.73 Å². The molecular formula is C12H15FN2S. The molecule has 86 valence electrons. The third-order valence-electron chi connectivity index (χ3n) is 2.49. The van der Waals surface area contributed by atoms with Crippen molar-refractivity contribution in [3.63, 3.8) is 0 Å². The van der Waals surface area contributed by atoms with Crippen molar-refractivity contribution in [2.75, 3.05) is 0 Å². The maximum Gasteiger partial charge on any atom is 0.125 e. The van der Waals surface area contributed by atoms with Crippen LogP contribution in [0.15, 0.2) is 18.2 Å². The highest BCUT2D eigenvalue weighted by atomic mass is 32.1. The molecule has 0 radical (unpaired) electrons. The summed E-state index contributed by atoms with van der Waals surface area (Å²) in [6, 6.07) is 4.88. The van der Waals surface area contributed by atoms with E-state index in [9.17, 15) is 4.39 Å². The monoisotopic (exact) mass is 238 g/mol. The molecule has 1 heterocycles. The lowest BCUT2D eigenvalue weighted by molar-refractivity contribution is 0.599. The molecule has 0 aliphatic heterocycles. The maximum atomic E-state index is 13.0. The van der Waals surface area contributed by atoms with Gasteiger partial charge in [0.05, 0.1) is 15.2 Å². The van der Waals surface area contributed by atoms with Crippen molar-refractivity contribution in [3.05, 3.63) is 29.0 Å². The lowest BCUT2D eigenvalue weighted by atomic mass is 10.1. The predicted octanol–water partition coefficient (Wildman–Crippen LogP) is 3.11. The first kappa shape index (κ1) is 11.5. The summed E-state index contributed by atoms with van der Waals surface area (Å²) in [7, 11) is 0. The van der Waals surface area contributed by atoms with Gasteiger partial charge in [0, 0.05) is 18.5 Å². The molecule has 1 unspecified atom stereocenters. The smallest absolute Gasteiger partial charge is 0.125 e. The predicted molar refractivity (Wildman–Crippen MR) is 66.2 cm³/mol. The van der Waals surface area contributed by atoms with E-state index in [0.717, 1.165) is 34.5 Å². The standard InChI is InChI=1S/C12H15FN2S/c1-2-3-9(14)7-12-15-10-6-8(13)4-5-11(10)16-12/h4-6,9H,2-3,7,14H2,1H3. The molecule has 2 nitrogen and oxygen atoms in total. The Kier molecular flexibility index (Phi) is 3.51. The second kappa shape index (κ2) is 4.89. The normalized spacial score (nSPS) is 13.2. The van der Waals surface area contributed by atoms with Crippen molar-refractivity contribution < 1.29 is 4.39 Å². The Balaban J connectivity index is 2.19. The third-order valence-corrected chi connectivity index (χ3v) is 3.55. The molecule has 4 heteroatoms. The number of nitrogens with two attached hydrogens (primary N) is 1. The third kappa shape index (κ3) is 2.57. The lowest BCUT2D eigenvalue weighted by Gasteiger charge is -2.06. The molecule has 2 rings (SSSR count). The quantitative estimate of drug-likeness (QED) is 0.889. The van der Waals surface area contributed by atoms with Crippen LogP contribution in [-0.4, -0.2) is 11.0 Å². The van der Waals surface area contributed by atoms with E-state index in [1.54, 1.807) is 17.4 Å². The van der Waals surface area contributed by atoms with Crippen LogP contribution in [-0.2, 0) is 6.42 Å². The van der Waals surface area contributed by atoms with Gasteiger partial charge in [-0.2, -0.15) is 0 Å². The maximum absolute atomic E-state index is 13.0. The van der Waals surface area contributed by atoms with Crippen LogP contribution < -0.4 is 5.73 Å². The van der Waals surface area contributed by atoms with Crippen molar-refractivity contribution in [1.29, 1.82) is 0 Å². The molecule has 1 atom stereocenters. The Morgan fingerprint density at radius 1 is 1.50 bits per heavy atom. The molecule has 0 aliphatic carbocycles. The van der Waals surface area contributed by atoms with Crippen LogP contribution in [0.2, 0.25) is 0 Å². The molecule has 0 spiro atoms. The van der Waals surface area contributed by atoms with Crippen LogP contribution in [0.5, 0.6) is 0 Å². The number of benzene rings is 1. The number of hydrogen-bond donors (Lipinski definition) is 1. The average Bonchev–Trinajstić information content (AvgIpc) is 2.59. The Morgan fingerprint density at radius 2 is 2.31 bits per heavy atom. The Bertz CT molecular complexity index is 481. The molecule has 0 saturated heterocycles. The molecule has 0 saturated carbocycles. The van der Waals surface area contributed by atoms with Crippen molar-refractivity contribution in [3.8, 4) is 0 Å². The molecule has 0 bridgehead atoms. The van der Waals surface area contributed by atoms with E-state index in [4.69, 9.17) is 5.73 Å². The van der Waals surface area contributed by atoms with Crippen LogP contribution >= 0.6 is 11.3 Å². The first-order valence-electron chi connectivity index (χ1n) is 5.49. The SMILES string of the molecule is CCCC(N)Cc1nc2cc(F)ccc2s1.